The molecule has 0 saturated carbocycles. The van der Waals surface area contributed by atoms with Crippen LogP contribution in [0.1, 0.15) is 36.5 Å². The van der Waals surface area contributed by atoms with Gasteiger partial charge in [0.1, 0.15) is 5.52 Å². The SMILES string of the molecule is Cc1ccc2c(c1)c1nnc(SCCCC(=O)N3CCN(C(=O)/C=C/c4ccccc4)C(C)C3)nc1n2Cc1ccccc1. The van der Waals surface area contributed by atoms with Gasteiger partial charge in [0.15, 0.2) is 5.65 Å². The van der Waals surface area contributed by atoms with Gasteiger partial charge in [-0.1, -0.05) is 84.1 Å². The number of aryl methyl sites for hydroxylation is 1. The lowest BCUT2D eigenvalue weighted by molar-refractivity contribution is -0.139. The third kappa shape index (κ3) is 6.68. The van der Waals surface area contributed by atoms with Crippen LogP contribution in [0.3, 0.4) is 0 Å². The quantitative estimate of drug-likeness (QED) is 0.117. The van der Waals surface area contributed by atoms with Crippen LogP contribution < -0.4 is 0 Å². The minimum Gasteiger partial charge on any atom is -0.339 e. The highest BCUT2D eigenvalue weighted by atomic mass is 32.2. The van der Waals surface area contributed by atoms with Gasteiger partial charge in [-0.2, -0.15) is 0 Å². The van der Waals surface area contributed by atoms with Gasteiger partial charge >= 0.3 is 0 Å². The number of aromatic nitrogens is 4. The van der Waals surface area contributed by atoms with Crippen molar-refractivity contribution in [3.05, 3.63) is 102 Å². The van der Waals surface area contributed by atoms with E-state index in [-0.39, 0.29) is 17.9 Å². The molecule has 0 bridgehead atoms. The molecule has 3 heterocycles. The van der Waals surface area contributed by atoms with Crippen LogP contribution in [0.2, 0.25) is 0 Å². The number of hydrogen-bond acceptors (Lipinski definition) is 6. The number of amides is 2. The van der Waals surface area contributed by atoms with E-state index in [2.05, 4.69) is 52.0 Å². The van der Waals surface area contributed by atoms with Crippen molar-refractivity contribution in [1.29, 1.82) is 0 Å². The van der Waals surface area contributed by atoms with Crippen molar-refractivity contribution >= 4 is 51.7 Å². The number of fused-ring (bicyclic) bond motifs is 3. The van der Waals surface area contributed by atoms with Crippen LogP contribution in [0, 0.1) is 6.92 Å². The fourth-order valence-electron chi connectivity index (χ4n) is 5.73. The van der Waals surface area contributed by atoms with Gasteiger partial charge in [0.2, 0.25) is 17.0 Å². The van der Waals surface area contributed by atoms with Crippen molar-refractivity contribution in [2.24, 2.45) is 0 Å². The summed E-state index contributed by atoms with van der Waals surface area (Å²) in [6, 6.07) is 26.5. The molecule has 2 amide bonds. The Balaban J connectivity index is 1.04. The number of carbonyl (C=O) groups excluding carboxylic acids is 2. The minimum atomic E-state index is -0.0346. The molecule has 0 aliphatic carbocycles. The van der Waals surface area contributed by atoms with Crippen molar-refractivity contribution in [2.45, 2.75) is 44.4 Å². The summed E-state index contributed by atoms with van der Waals surface area (Å²) in [5.41, 5.74) is 6.08. The van der Waals surface area contributed by atoms with Crippen LogP contribution in [0.15, 0.2) is 90.1 Å². The second-order valence-corrected chi connectivity index (χ2v) is 12.3. The predicted octanol–water partition coefficient (Wildman–Crippen LogP) is 5.98. The van der Waals surface area contributed by atoms with E-state index in [1.165, 1.54) is 22.9 Å². The number of carbonyl (C=O) groups is 2. The second kappa shape index (κ2) is 13.4. The fraction of sp³-hybridized carbons (Fsp3) is 0.286. The maximum Gasteiger partial charge on any atom is 0.246 e. The number of thioether (sulfide) groups is 1. The predicted molar refractivity (Wildman–Crippen MR) is 176 cm³/mol. The number of piperazine rings is 1. The van der Waals surface area contributed by atoms with E-state index in [1.807, 2.05) is 71.3 Å². The third-order valence-corrected chi connectivity index (χ3v) is 8.96. The topological polar surface area (TPSA) is 84.2 Å². The van der Waals surface area contributed by atoms with E-state index in [0.717, 1.165) is 33.4 Å². The van der Waals surface area contributed by atoms with E-state index >= 15 is 0 Å². The molecule has 1 saturated heterocycles. The molecule has 1 atom stereocenters. The number of nitrogens with zero attached hydrogens (tertiary/aromatic N) is 6. The highest BCUT2D eigenvalue weighted by Crippen LogP contribution is 2.29. The number of rotatable bonds is 9. The van der Waals surface area contributed by atoms with Gasteiger partial charge in [0.05, 0.1) is 5.52 Å². The van der Waals surface area contributed by atoms with Crippen molar-refractivity contribution in [3.63, 3.8) is 0 Å². The Morgan fingerprint density at radius 1 is 0.977 bits per heavy atom. The summed E-state index contributed by atoms with van der Waals surface area (Å²) in [5.74, 6) is 0.820. The molecule has 0 radical (unpaired) electrons. The minimum absolute atomic E-state index is 0.0200. The van der Waals surface area contributed by atoms with Gasteiger partial charge < -0.3 is 14.4 Å². The first-order chi connectivity index (χ1) is 21.5. The molecule has 1 aliphatic rings. The van der Waals surface area contributed by atoms with Crippen molar-refractivity contribution < 1.29 is 9.59 Å². The van der Waals surface area contributed by atoms with E-state index < -0.39 is 0 Å². The van der Waals surface area contributed by atoms with Gasteiger partial charge in [0.25, 0.3) is 0 Å². The van der Waals surface area contributed by atoms with Gasteiger partial charge in [-0.3, -0.25) is 9.59 Å². The second-order valence-electron chi connectivity index (χ2n) is 11.3. The summed E-state index contributed by atoms with van der Waals surface area (Å²) >= 11 is 1.53. The van der Waals surface area contributed by atoms with Gasteiger partial charge in [0, 0.05) is 55.9 Å². The van der Waals surface area contributed by atoms with Crippen molar-refractivity contribution in [2.75, 3.05) is 25.4 Å². The molecule has 9 heteroatoms. The van der Waals surface area contributed by atoms with E-state index in [4.69, 9.17) is 4.98 Å². The molecular formula is C35H36N6O2S. The molecule has 2 aromatic heterocycles. The molecule has 5 aromatic rings. The standard InChI is InChI=1S/C35H36N6O2S/c1-25-15-17-30-29(22-25)33-34(41(30)24-28-12-7-4-8-13-28)36-35(38-37-33)44-21-9-14-31(42)39-19-20-40(26(2)23-39)32(43)18-16-27-10-5-3-6-11-27/h3-8,10-13,15-18,22,26H,9,14,19-21,23-24H2,1-2H3/b18-16+. The summed E-state index contributed by atoms with van der Waals surface area (Å²) in [6.45, 7) is 6.42. The Morgan fingerprint density at radius 3 is 2.52 bits per heavy atom. The van der Waals surface area contributed by atoms with Crippen LogP contribution in [0.4, 0.5) is 0 Å². The summed E-state index contributed by atoms with van der Waals surface area (Å²) in [6.07, 6.45) is 4.62. The molecule has 0 N–H and O–H groups in total. The Labute approximate surface area is 261 Å². The van der Waals surface area contributed by atoms with Crippen LogP contribution >= 0.6 is 11.8 Å². The van der Waals surface area contributed by atoms with Crippen LogP contribution in [0.5, 0.6) is 0 Å². The zero-order chi connectivity index (χ0) is 30.5. The van der Waals surface area contributed by atoms with Crippen LogP contribution in [-0.4, -0.2) is 72.8 Å². The maximum absolute atomic E-state index is 13.0. The molecule has 8 nitrogen and oxygen atoms in total. The Bertz CT molecular complexity index is 1800. The van der Waals surface area contributed by atoms with Gasteiger partial charge in [-0.15, -0.1) is 10.2 Å². The summed E-state index contributed by atoms with van der Waals surface area (Å²) < 4.78 is 2.21. The molecular weight excluding hydrogens is 568 g/mol. The molecule has 3 aromatic carbocycles. The molecule has 1 aliphatic heterocycles. The molecule has 6 rings (SSSR count). The molecule has 0 spiro atoms. The average molecular weight is 605 g/mol. The average Bonchev–Trinajstić information content (AvgIpc) is 3.34. The van der Waals surface area contributed by atoms with Crippen LogP contribution in [0.25, 0.3) is 28.1 Å². The fourth-order valence-corrected chi connectivity index (χ4v) is 6.45. The zero-order valence-corrected chi connectivity index (χ0v) is 25.9. The first kappa shape index (κ1) is 29.6. The largest absolute Gasteiger partial charge is 0.339 e. The smallest absolute Gasteiger partial charge is 0.246 e. The monoisotopic (exact) mass is 604 g/mol. The summed E-state index contributed by atoms with van der Waals surface area (Å²) in [5, 5.41) is 10.7. The summed E-state index contributed by atoms with van der Waals surface area (Å²) in [4.78, 5) is 34.4. The lowest BCUT2D eigenvalue weighted by Gasteiger charge is -2.39. The Hall–Kier alpha value is -4.50. The molecule has 44 heavy (non-hydrogen) atoms. The lowest BCUT2D eigenvalue weighted by Crippen LogP contribution is -2.55. The molecule has 224 valence electrons. The Kier molecular flexibility index (Phi) is 9.02. The van der Waals surface area contributed by atoms with E-state index in [0.29, 0.717) is 44.2 Å². The first-order valence-electron chi connectivity index (χ1n) is 15.1. The zero-order valence-electron chi connectivity index (χ0n) is 25.1. The summed E-state index contributed by atoms with van der Waals surface area (Å²) in [7, 11) is 0. The van der Waals surface area contributed by atoms with E-state index in [1.54, 1.807) is 6.08 Å². The number of hydrogen-bond donors (Lipinski definition) is 0. The van der Waals surface area contributed by atoms with Crippen molar-refractivity contribution in [1.82, 2.24) is 29.5 Å². The first-order valence-corrected chi connectivity index (χ1v) is 16.1. The molecule has 1 unspecified atom stereocenters. The van der Waals surface area contributed by atoms with Crippen LogP contribution in [-0.2, 0) is 16.1 Å². The Morgan fingerprint density at radius 2 is 1.75 bits per heavy atom. The third-order valence-electron chi connectivity index (χ3n) is 8.03. The lowest BCUT2D eigenvalue weighted by atomic mass is 10.1. The van der Waals surface area contributed by atoms with E-state index in [9.17, 15) is 9.59 Å². The van der Waals surface area contributed by atoms with Crippen molar-refractivity contribution in [3.8, 4) is 0 Å². The maximum atomic E-state index is 13.0. The molecule has 1 fully saturated rings. The number of benzene rings is 3. The normalized spacial score (nSPS) is 15.5. The highest BCUT2D eigenvalue weighted by molar-refractivity contribution is 7.99. The van der Waals surface area contributed by atoms with Gasteiger partial charge in [-0.25, -0.2) is 4.98 Å². The van der Waals surface area contributed by atoms with Gasteiger partial charge in [-0.05, 0) is 49.6 Å². The highest BCUT2D eigenvalue weighted by Gasteiger charge is 2.28.